The molecular weight excluding hydrogens is 288 g/mol. The Morgan fingerprint density at radius 1 is 1.19 bits per heavy atom. The van der Waals surface area contributed by atoms with Crippen molar-refractivity contribution < 1.29 is 12.8 Å². The van der Waals surface area contributed by atoms with Gasteiger partial charge in [0.15, 0.2) is 0 Å². The number of hydrogen-bond donors (Lipinski definition) is 2. The zero-order valence-corrected chi connectivity index (χ0v) is 14.9. The van der Waals surface area contributed by atoms with Crippen LogP contribution in [-0.2, 0) is 16.6 Å². The van der Waals surface area contributed by atoms with Crippen LogP contribution < -0.4 is 10.0 Å². The minimum atomic E-state index is -3.57. The van der Waals surface area contributed by atoms with Gasteiger partial charge in [-0.3, -0.25) is 0 Å². The van der Waals surface area contributed by atoms with Crippen LogP contribution in [0.5, 0.6) is 0 Å². The normalized spacial score (nSPS) is 13.1. The van der Waals surface area contributed by atoms with Gasteiger partial charge in [-0.05, 0) is 32.2 Å². The van der Waals surface area contributed by atoms with Crippen LogP contribution in [0.1, 0.15) is 44.8 Å². The number of rotatable bonds is 7. The Bertz CT molecular complexity index is 586. The first-order valence-corrected chi connectivity index (χ1v) is 8.74. The van der Waals surface area contributed by atoms with Crippen molar-refractivity contribution in [3.05, 3.63) is 17.1 Å². The van der Waals surface area contributed by atoms with Crippen molar-refractivity contribution in [2.24, 2.45) is 11.3 Å². The molecule has 5 nitrogen and oxygen atoms in total. The van der Waals surface area contributed by atoms with E-state index in [2.05, 4.69) is 37.7 Å². The molecule has 1 heterocycles. The molecule has 1 rings (SSSR count). The van der Waals surface area contributed by atoms with E-state index in [9.17, 15) is 8.42 Å². The van der Waals surface area contributed by atoms with E-state index in [0.29, 0.717) is 36.1 Å². The molecule has 0 aromatic carbocycles. The quantitative estimate of drug-likeness (QED) is 0.811. The van der Waals surface area contributed by atoms with Gasteiger partial charge in [0.2, 0.25) is 10.0 Å². The Hall–Kier alpha value is -0.850. The van der Waals surface area contributed by atoms with Crippen LogP contribution in [0.25, 0.3) is 0 Å². The van der Waals surface area contributed by atoms with Gasteiger partial charge in [-0.25, -0.2) is 13.1 Å². The molecule has 0 amide bonds. The molecule has 0 aliphatic heterocycles. The molecule has 1 aromatic heterocycles. The van der Waals surface area contributed by atoms with Gasteiger partial charge in [0.25, 0.3) is 0 Å². The first kappa shape index (κ1) is 18.2. The highest BCUT2D eigenvalue weighted by molar-refractivity contribution is 7.89. The summed E-state index contributed by atoms with van der Waals surface area (Å²) in [6, 6.07) is 0. The monoisotopic (exact) mass is 316 g/mol. The first-order valence-electron chi connectivity index (χ1n) is 7.26. The second-order valence-corrected chi connectivity index (χ2v) is 8.22. The van der Waals surface area contributed by atoms with Crippen LogP contribution in [0.4, 0.5) is 0 Å². The summed E-state index contributed by atoms with van der Waals surface area (Å²) in [5.74, 6) is 1.46. The lowest BCUT2D eigenvalue weighted by molar-refractivity contribution is 0.252. The van der Waals surface area contributed by atoms with E-state index < -0.39 is 10.0 Å². The Labute approximate surface area is 128 Å². The zero-order chi connectivity index (χ0) is 16.4. The summed E-state index contributed by atoms with van der Waals surface area (Å²) in [5.41, 5.74) is 0.591. The van der Waals surface area contributed by atoms with Gasteiger partial charge in [-0.1, -0.05) is 27.7 Å². The molecule has 0 aliphatic rings. The van der Waals surface area contributed by atoms with E-state index in [1.54, 1.807) is 20.9 Å². The highest BCUT2D eigenvalue weighted by atomic mass is 32.2. The lowest BCUT2D eigenvalue weighted by Crippen LogP contribution is -2.37. The Kier molecular flexibility index (Phi) is 5.63. The third-order valence-electron chi connectivity index (χ3n) is 4.23. The zero-order valence-electron chi connectivity index (χ0n) is 14.1. The average Bonchev–Trinajstić information content (AvgIpc) is 2.63. The fraction of sp³-hybridized carbons (Fsp3) is 0.733. The minimum absolute atomic E-state index is 0.108. The van der Waals surface area contributed by atoms with Crippen LogP contribution in [-0.4, -0.2) is 22.0 Å². The molecule has 0 fully saturated rings. The molecule has 0 unspecified atom stereocenters. The molecule has 0 saturated carbocycles. The Morgan fingerprint density at radius 2 is 1.76 bits per heavy atom. The molecule has 6 heteroatoms. The van der Waals surface area contributed by atoms with E-state index in [-0.39, 0.29) is 10.3 Å². The third kappa shape index (κ3) is 4.08. The fourth-order valence-corrected chi connectivity index (χ4v) is 3.67. The smallest absolute Gasteiger partial charge is 0.244 e. The molecule has 0 aliphatic carbocycles. The lowest BCUT2D eigenvalue weighted by Gasteiger charge is -2.29. The molecule has 122 valence electrons. The standard InChI is InChI=1S/C15H28N2O3S/c1-10(2)15(5,6)9-17-21(18,19)14-12(4)20-11(3)13(14)8-16-7/h10,16-17H,8-9H2,1-7H3. The number of furan rings is 1. The Morgan fingerprint density at radius 3 is 2.24 bits per heavy atom. The topological polar surface area (TPSA) is 71.3 Å². The van der Waals surface area contributed by atoms with Crippen LogP contribution in [0.15, 0.2) is 9.31 Å². The molecular formula is C15H28N2O3S. The molecule has 2 N–H and O–H groups in total. The summed E-state index contributed by atoms with van der Waals surface area (Å²) in [4.78, 5) is 0.272. The largest absolute Gasteiger partial charge is 0.465 e. The van der Waals surface area contributed by atoms with Gasteiger partial charge in [-0.15, -0.1) is 0 Å². The summed E-state index contributed by atoms with van der Waals surface area (Å²) in [6.45, 7) is 12.6. The van der Waals surface area contributed by atoms with E-state index >= 15 is 0 Å². The van der Waals surface area contributed by atoms with Crippen LogP contribution in [0.2, 0.25) is 0 Å². The van der Waals surface area contributed by atoms with Crippen molar-refractivity contribution >= 4 is 10.0 Å². The maximum absolute atomic E-state index is 12.6. The summed E-state index contributed by atoms with van der Waals surface area (Å²) in [6.07, 6.45) is 0. The summed E-state index contributed by atoms with van der Waals surface area (Å²) < 4.78 is 33.5. The Balaban J connectivity index is 3.09. The van der Waals surface area contributed by atoms with E-state index in [0.717, 1.165) is 0 Å². The van der Waals surface area contributed by atoms with Gasteiger partial charge in [-0.2, -0.15) is 0 Å². The van der Waals surface area contributed by atoms with Gasteiger partial charge < -0.3 is 9.73 Å². The molecule has 21 heavy (non-hydrogen) atoms. The van der Waals surface area contributed by atoms with E-state index in [1.165, 1.54) is 0 Å². The van der Waals surface area contributed by atoms with E-state index in [1.807, 2.05) is 0 Å². The predicted octanol–water partition coefficient (Wildman–Crippen LogP) is 2.58. The predicted molar refractivity (Wildman–Crippen MR) is 84.8 cm³/mol. The van der Waals surface area contributed by atoms with Crippen molar-refractivity contribution in [2.45, 2.75) is 53.0 Å². The summed E-state index contributed by atoms with van der Waals surface area (Å²) in [7, 11) is -1.79. The van der Waals surface area contributed by atoms with Crippen molar-refractivity contribution in [3.8, 4) is 0 Å². The van der Waals surface area contributed by atoms with Gasteiger partial charge in [0.05, 0.1) is 0 Å². The van der Waals surface area contributed by atoms with Gasteiger partial charge >= 0.3 is 0 Å². The van der Waals surface area contributed by atoms with Crippen molar-refractivity contribution in [2.75, 3.05) is 13.6 Å². The highest BCUT2D eigenvalue weighted by Gasteiger charge is 2.30. The highest BCUT2D eigenvalue weighted by Crippen LogP contribution is 2.29. The number of sulfonamides is 1. The third-order valence-corrected chi connectivity index (χ3v) is 5.82. The molecule has 0 atom stereocenters. The molecule has 1 aromatic rings. The van der Waals surface area contributed by atoms with Gasteiger partial charge in [0.1, 0.15) is 16.4 Å². The van der Waals surface area contributed by atoms with Crippen LogP contribution >= 0.6 is 0 Å². The number of hydrogen-bond acceptors (Lipinski definition) is 4. The number of nitrogens with one attached hydrogen (secondary N) is 2. The minimum Gasteiger partial charge on any atom is -0.465 e. The maximum Gasteiger partial charge on any atom is 0.244 e. The van der Waals surface area contributed by atoms with Crippen LogP contribution in [0.3, 0.4) is 0 Å². The lowest BCUT2D eigenvalue weighted by atomic mass is 9.81. The average molecular weight is 316 g/mol. The maximum atomic E-state index is 12.6. The second kappa shape index (κ2) is 6.50. The SMILES string of the molecule is CNCc1c(C)oc(C)c1S(=O)(=O)NCC(C)(C)C(C)C. The second-order valence-electron chi connectivity index (χ2n) is 6.52. The van der Waals surface area contributed by atoms with Crippen molar-refractivity contribution in [3.63, 3.8) is 0 Å². The summed E-state index contributed by atoms with van der Waals surface area (Å²) >= 11 is 0. The van der Waals surface area contributed by atoms with Crippen LogP contribution in [0, 0.1) is 25.2 Å². The van der Waals surface area contributed by atoms with Crippen molar-refractivity contribution in [1.29, 1.82) is 0 Å². The molecule has 0 saturated heterocycles. The fourth-order valence-electron chi connectivity index (χ4n) is 2.00. The van der Waals surface area contributed by atoms with E-state index in [4.69, 9.17) is 4.42 Å². The van der Waals surface area contributed by atoms with Gasteiger partial charge in [0, 0.05) is 18.7 Å². The molecule has 0 spiro atoms. The summed E-state index contributed by atoms with van der Waals surface area (Å²) in [5, 5.41) is 2.99. The van der Waals surface area contributed by atoms with Crippen molar-refractivity contribution in [1.82, 2.24) is 10.0 Å². The first-order chi connectivity index (χ1) is 9.53. The number of aryl methyl sites for hydroxylation is 2. The molecule has 0 radical (unpaired) electrons. The molecule has 0 bridgehead atoms.